The number of anilines is 1. The quantitative estimate of drug-likeness (QED) is 0.595. The van der Waals surface area contributed by atoms with E-state index in [0.717, 1.165) is 0 Å². The summed E-state index contributed by atoms with van der Waals surface area (Å²) in [5.74, 6) is 0.0990. The fourth-order valence-corrected chi connectivity index (χ4v) is 2.74. The molecule has 0 aliphatic rings. The maximum Gasteiger partial charge on any atom is 0.240 e. The van der Waals surface area contributed by atoms with E-state index < -0.39 is 10.0 Å². The van der Waals surface area contributed by atoms with Crippen molar-refractivity contribution in [2.45, 2.75) is 25.2 Å². The van der Waals surface area contributed by atoms with Gasteiger partial charge in [-0.25, -0.2) is 13.1 Å². The van der Waals surface area contributed by atoms with Crippen molar-refractivity contribution in [3.8, 4) is 5.75 Å². The van der Waals surface area contributed by atoms with E-state index in [1.54, 1.807) is 0 Å². The molecular formula is C14H20N2O4S. The summed E-state index contributed by atoms with van der Waals surface area (Å²) in [5, 5.41) is 2.55. The average molecular weight is 312 g/mol. The van der Waals surface area contributed by atoms with Gasteiger partial charge in [0, 0.05) is 13.5 Å². The minimum Gasteiger partial charge on any atom is -0.495 e. The van der Waals surface area contributed by atoms with Gasteiger partial charge < -0.3 is 10.1 Å². The summed E-state index contributed by atoms with van der Waals surface area (Å²) in [5.41, 5.74) is 0.321. The fourth-order valence-electron chi connectivity index (χ4n) is 1.67. The van der Waals surface area contributed by atoms with E-state index >= 15 is 0 Å². The molecule has 1 amide bonds. The predicted molar refractivity (Wildman–Crippen MR) is 81.9 cm³/mol. The van der Waals surface area contributed by atoms with E-state index in [2.05, 4.69) is 10.0 Å². The van der Waals surface area contributed by atoms with Gasteiger partial charge in [0.25, 0.3) is 0 Å². The number of ether oxygens (including phenoxy) is 1. The standard InChI is InChI=1S/C14H20N2O4S/c1-4-5-6-9-15-21(18,19)12-7-8-14(20-3)13(10-12)16-11(2)17/h4-5,7-8,10,15H,6,9H2,1-3H3,(H,16,17)/b5-4+. The zero-order chi connectivity index (χ0) is 15.9. The van der Waals surface area contributed by atoms with Crippen LogP contribution in [0.1, 0.15) is 20.3 Å². The molecule has 0 saturated carbocycles. The molecule has 0 heterocycles. The first-order valence-electron chi connectivity index (χ1n) is 6.47. The smallest absolute Gasteiger partial charge is 0.240 e. The fraction of sp³-hybridized carbons (Fsp3) is 0.357. The summed E-state index contributed by atoms with van der Waals surface area (Å²) >= 11 is 0. The van der Waals surface area contributed by atoms with Gasteiger partial charge in [-0.05, 0) is 31.5 Å². The van der Waals surface area contributed by atoms with Crippen LogP contribution in [0.15, 0.2) is 35.2 Å². The predicted octanol–water partition coefficient (Wildman–Crippen LogP) is 1.90. The summed E-state index contributed by atoms with van der Waals surface area (Å²) in [6.45, 7) is 3.53. The number of sulfonamides is 1. The van der Waals surface area contributed by atoms with Crippen molar-refractivity contribution in [3.05, 3.63) is 30.4 Å². The maximum atomic E-state index is 12.1. The highest BCUT2D eigenvalue weighted by Crippen LogP contribution is 2.27. The van der Waals surface area contributed by atoms with Gasteiger partial charge in [-0.1, -0.05) is 12.2 Å². The monoisotopic (exact) mass is 312 g/mol. The lowest BCUT2D eigenvalue weighted by molar-refractivity contribution is -0.114. The van der Waals surface area contributed by atoms with Crippen LogP contribution in [0.4, 0.5) is 5.69 Å². The second-order valence-corrected chi connectivity index (χ2v) is 6.07. The highest BCUT2D eigenvalue weighted by molar-refractivity contribution is 7.89. The van der Waals surface area contributed by atoms with E-state index in [1.165, 1.54) is 32.2 Å². The minimum absolute atomic E-state index is 0.0764. The average Bonchev–Trinajstić information content (AvgIpc) is 2.43. The molecule has 1 aromatic rings. The van der Waals surface area contributed by atoms with Crippen LogP contribution < -0.4 is 14.8 Å². The SMILES string of the molecule is C/C=C/CCNS(=O)(=O)c1ccc(OC)c(NC(C)=O)c1. The van der Waals surface area contributed by atoms with Crippen molar-refractivity contribution >= 4 is 21.6 Å². The summed E-state index contributed by atoms with van der Waals surface area (Å²) in [6, 6.07) is 4.31. The van der Waals surface area contributed by atoms with E-state index in [0.29, 0.717) is 24.4 Å². The Morgan fingerprint density at radius 1 is 1.38 bits per heavy atom. The third-order valence-electron chi connectivity index (χ3n) is 2.63. The number of benzene rings is 1. The number of nitrogens with one attached hydrogen (secondary N) is 2. The van der Waals surface area contributed by atoms with Crippen LogP contribution in [-0.4, -0.2) is 28.0 Å². The van der Waals surface area contributed by atoms with E-state index in [4.69, 9.17) is 4.74 Å². The van der Waals surface area contributed by atoms with Crippen molar-refractivity contribution in [2.75, 3.05) is 19.0 Å². The second kappa shape index (κ2) is 7.80. The van der Waals surface area contributed by atoms with Gasteiger partial charge in [0.15, 0.2) is 0 Å². The van der Waals surface area contributed by atoms with E-state index in [-0.39, 0.29) is 10.8 Å². The molecule has 0 fully saturated rings. The van der Waals surface area contributed by atoms with Crippen LogP contribution in [-0.2, 0) is 14.8 Å². The summed E-state index contributed by atoms with van der Waals surface area (Å²) in [4.78, 5) is 11.2. The molecule has 0 bridgehead atoms. The van der Waals surface area contributed by atoms with Crippen molar-refractivity contribution in [1.82, 2.24) is 4.72 Å². The lowest BCUT2D eigenvalue weighted by atomic mass is 10.3. The van der Waals surface area contributed by atoms with Crippen LogP contribution in [0.2, 0.25) is 0 Å². The molecule has 7 heteroatoms. The largest absolute Gasteiger partial charge is 0.495 e. The Balaban J connectivity index is 2.98. The molecule has 0 atom stereocenters. The van der Waals surface area contributed by atoms with Gasteiger partial charge in [-0.3, -0.25) is 4.79 Å². The first-order chi connectivity index (χ1) is 9.90. The molecule has 0 aliphatic heterocycles. The van der Waals surface area contributed by atoms with Crippen molar-refractivity contribution < 1.29 is 17.9 Å². The van der Waals surface area contributed by atoms with Crippen LogP contribution in [0.3, 0.4) is 0 Å². The molecule has 116 valence electrons. The van der Waals surface area contributed by atoms with Crippen LogP contribution in [0.25, 0.3) is 0 Å². The van der Waals surface area contributed by atoms with Crippen LogP contribution >= 0.6 is 0 Å². The molecule has 1 aromatic carbocycles. The third-order valence-corrected chi connectivity index (χ3v) is 4.09. The Morgan fingerprint density at radius 2 is 2.10 bits per heavy atom. The van der Waals surface area contributed by atoms with E-state index in [1.807, 2.05) is 19.1 Å². The van der Waals surface area contributed by atoms with Gasteiger partial charge in [0.05, 0.1) is 17.7 Å². The van der Waals surface area contributed by atoms with Crippen LogP contribution in [0.5, 0.6) is 5.75 Å². The first-order valence-corrected chi connectivity index (χ1v) is 7.95. The number of rotatable bonds is 7. The highest BCUT2D eigenvalue weighted by Gasteiger charge is 2.16. The molecule has 0 aliphatic carbocycles. The van der Waals surface area contributed by atoms with Crippen molar-refractivity contribution in [2.24, 2.45) is 0 Å². The molecule has 0 saturated heterocycles. The molecule has 0 unspecified atom stereocenters. The Bertz CT molecular complexity index is 624. The molecule has 21 heavy (non-hydrogen) atoms. The normalized spacial score (nSPS) is 11.6. The van der Waals surface area contributed by atoms with Gasteiger partial charge in [0.1, 0.15) is 5.75 Å². The summed E-state index contributed by atoms with van der Waals surface area (Å²) in [7, 11) is -2.17. The van der Waals surface area contributed by atoms with Crippen molar-refractivity contribution in [3.63, 3.8) is 0 Å². The van der Waals surface area contributed by atoms with Gasteiger partial charge in [0.2, 0.25) is 15.9 Å². The number of allylic oxidation sites excluding steroid dienone is 1. The van der Waals surface area contributed by atoms with E-state index in [9.17, 15) is 13.2 Å². The Labute approximate surface area is 125 Å². The number of hydrogen-bond donors (Lipinski definition) is 2. The highest BCUT2D eigenvalue weighted by atomic mass is 32.2. The summed E-state index contributed by atoms with van der Waals surface area (Å²) < 4.78 is 31.9. The molecule has 6 nitrogen and oxygen atoms in total. The Morgan fingerprint density at radius 3 is 2.67 bits per heavy atom. The molecule has 0 spiro atoms. The number of hydrogen-bond acceptors (Lipinski definition) is 4. The molecule has 0 radical (unpaired) electrons. The zero-order valence-electron chi connectivity index (χ0n) is 12.3. The Hall–Kier alpha value is -1.86. The second-order valence-electron chi connectivity index (χ2n) is 4.30. The number of methoxy groups -OCH3 is 1. The van der Waals surface area contributed by atoms with Gasteiger partial charge in [-0.15, -0.1) is 0 Å². The Kier molecular flexibility index (Phi) is 6.39. The minimum atomic E-state index is -3.61. The lowest BCUT2D eigenvalue weighted by Gasteiger charge is -2.12. The third kappa shape index (κ3) is 5.20. The van der Waals surface area contributed by atoms with Crippen molar-refractivity contribution in [1.29, 1.82) is 0 Å². The molecule has 0 aromatic heterocycles. The van der Waals surface area contributed by atoms with Crippen LogP contribution in [0, 0.1) is 0 Å². The van der Waals surface area contributed by atoms with Gasteiger partial charge >= 0.3 is 0 Å². The summed E-state index contributed by atoms with van der Waals surface area (Å²) in [6.07, 6.45) is 4.35. The number of carbonyl (C=O) groups excluding carboxylic acids is 1. The maximum absolute atomic E-state index is 12.1. The van der Waals surface area contributed by atoms with Gasteiger partial charge in [-0.2, -0.15) is 0 Å². The number of amides is 1. The topological polar surface area (TPSA) is 84.5 Å². The molecular weight excluding hydrogens is 292 g/mol. The number of carbonyl (C=O) groups is 1. The first kappa shape index (κ1) is 17.2. The zero-order valence-corrected chi connectivity index (χ0v) is 13.2. The lowest BCUT2D eigenvalue weighted by Crippen LogP contribution is -2.24. The molecule has 2 N–H and O–H groups in total. The molecule has 1 rings (SSSR count).